The highest BCUT2D eigenvalue weighted by atomic mass is 14.7. The zero-order valence-corrected chi connectivity index (χ0v) is 10.2. The molecule has 1 aliphatic rings. The maximum absolute atomic E-state index is 4.45. The van der Waals surface area contributed by atoms with Gasteiger partial charge in [-0.05, 0) is 29.7 Å². The molecule has 0 bridgehead atoms. The number of aryl methyl sites for hydroxylation is 1. The average Bonchev–Trinajstić information content (AvgIpc) is 2.37. The first-order valence-electron chi connectivity index (χ1n) is 5.94. The minimum Gasteiger partial charge on any atom is -0.292 e. The van der Waals surface area contributed by atoms with Crippen LogP contribution in [0, 0.1) is 6.92 Å². The van der Waals surface area contributed by atoms with Crippen molar-refractivity contribution in [1.29, 1.82) is 0 Å². The smallest absolute Gasteiger partial charge is 0.0467 e. The van der Waals surface area contributed by atoms with Gasteiger partial charge in [-0.25, -0.2) is 0 Å². The summed E-state index contributed by atoms with van der Waals surface area (Å²) in [5.41, 5.74) is 7.84. The second-order valence-electron chi connectivity index (χ2n) is 4.55. The maximum Gasteiger partial charge on any atom is 0.0467 e. The fraction of sp³-hybridized carbons (Fsp3) is 0.188. The zero-order valence-electron chi connectivity index (χ0n) is 10.2. The molecule has 0 spiro atoms. The Labute approximate surface area is 102 Å². The molecule has 0 saturated heterocycles. The third-order valence-electron chi connectivity index (χ3n) is 3.42. The highest BCUT2D eigenvalue weighted by molar-refractivity contribution is 6.10. The van der Waals surface area contributed by atoms with Gasteiger partial charge in [-0.2, -0.15) is 0 Å². The Bertz CT molecular complexity index is 609. The van der Waals surface area contributed by atoms with E-state index < -0.39 is 0 Å². The molecule has 0 unspecified atom stereocenters. The molecule has 0 saturated carbocycles. The van der Waals surface area contributed by atoms with Crippen LogP contribution in [-0.2, 0) is 6.42 Å². The summed E-state index contributed by atoms with van der Waals surface area (Å²) >= 11 is 0. The second-order valence-corrected chi connectivity index (χ2v) is 4.55. The Kier molecular flexibility index (Phi) is 2.32. The molecule has 0 atom stereocenters. The topological polar surface area (TPSA) is 12.4 Å². The van der Waals surface area contributed by atoms with Gasteiger partial charge >= 0.3 is 0 Å². The number of nitrogens with zero attached hydrogens (tertiary/aromatic N) is 1. The molecule has 0 N–H and O–H groups in total. The molecule has 1 aliphatic carbocycles. The van der Waals surface area contributed by atoms with E-state index in [0.29, 0.717) is 0 Å². The first-order chi connectivity index (χ1) is 8.29. The van der Waals surface area contributed by atoms with Gasteiger partial charge in [0.25, 0.3) is 0 Å². The first kappa shape index (κ1) is 10.3. The first-order valence-corrected chi connectivity index (χ1v) is 5.94. The highest BCUT2D eigenvalue weighted by Crippen LogP contribution is 2.33. The number of rotatable bonds is 0. The van der Waals surface area contributed by atoms with Crippen molar-refractivity contribution < 1.29 is 0 Å². The van der Waals surface area contributed by atoms with Crippen LogP contribution in [0.4, 0.5) is 0 Å². The van der Waals surface area contributed by atoms with Gasteiger partial charge in [0.15, 0.2) is 0 Å². The van der Waals surface area contributed by atoms with Gasteiger partial charge in [-0.15, -0.1) is 0 Å². The monoisotopic (exact) mass is 221 g/mol. The van der Waals surface area contributed by atoms with Crippen LogP contribution in [0.15, 0.2) is 47.5 Å². The number of benzene rings is 2. The van der Waals surface area contributed by atoms with E-state index in [4.69, 9.17) is 0 Å². The summed E-state index contributed by atoms with van der Waals surface area (Å²) in [6.07, 6.45) is 0.948. The molecule has 0 fully saturated rings. The maximum atomic E-state index is 4.45. The lowest BCUT2D eigenvalue weighted by Gasteiger charge is -2.21. The molecular formula is C16H15N. The van der Waals surface area contributed by atoms with Gasteiger partial charge in [0, 0.05) is 24.7 Å². The molecule has 17 heavy (non-hydrogen) atoms. The van der Waals surface area contributed by atoms with Gasteiger partial charge < -0.3 is 0 Å². The summed E-state index contributed by atoms with van der Waals surface area (Å²) < 4.78 is 0. The van der Waals surface area contributed by atoms with Gasteiger partial charge in [0.1, 0.15) is 0 Å². The van der Waals surface area contributed by atoms with Crippen LogP contribution in [0.2, 0.25) is 0 Å². The van der Waals surface area contributed by atoms with Crippen molar-refractivity contribution in [2.75, 3.05) is 7.05 Å². The highest BCUT2D eigenvalue weighted by Gasteiger charge is 2.19. The van der Waals surface area contributed by atoms with Crippen molar-refractivity contribution >= 4 is 5.71 Å². The van der Waals surface area contributed by atoms with Crippen molar-refractivity contribution in [3.63, 3.8) is 0 Å². The lowest BCUT2D eigenvalue weighted by molar-refractivity contribution is 1.24. The normalized spacial score (nSPS) is 15.5. The standard InChI is InChI=1S/C16H15N/c1-11-7-8-14-13-6-4-3-5-12(13)10-16(17-2)15(14)9-11/h3-9H,10H2,1-2H3. The molecule has 0 aliphatic heterocycles. The summed E-state index contributed by atoms with van der Waals surface area (Å²) in [6.45, 7) is 2.13. The summed E-state index contributed by atoms with van der Waals surface area (Å²) in [7, 11) is 1.88. The molecule has 2 aromatic rings. The number of hydrogen-bond acceptors (Lipinski definition) is 1. The Morgan fingerprint density at radius 3 is 2.59 bits per heavy atom. The predicted octanol–water partition coefficient (Wildman–Crippen LogP) is 3.64. The molecule has 0 amide bonds. The molecule has 0 heterocycles. The van der Waals surface area contributed by atoms with E-state index in [1.807, 2.05) is 7.05 Å². The van der Waals surface area contributed by atoms with E-state index in [1.165, 1.54) is 33.5 Å². The van der Waals surface area contributed by atoms with Gasteiger partial charge in [0.2, 0.25) is 0 Å². The van der Waals surface area contributed by atoms with Gasteiger partial charge in [-0.3, -0.25) is 4.99 Å². The molecule has 3 rings (SSSR count). The van der Waals surface area contributed by atoms with Gasteiger partial charge in [0.05, 0.1) is 0 Å². The van der Waals surface area contributed by atoms with Crippen molar-refractivity contribution in [3.05, 3.63) is 59.2 Å². The molecule has 84 valence electrons. The summed E-state index contributed by atoms with van der Waals surface area (Å²) in [5.74, 6) is 0. The van der Waals surface area contributed by atoms with E-state index in [2.05, 4.69) is 54.4 Å². The summed E-state index contributed by atoms with van der Waals surface area (Å²) in [5, 5.41) is 0. The second kappa shape index (κ2) is 3.85. The number of fused-ring (bicyclic) bond motifs is 3. The molecular weight excluding hydrogens is 206 g/mol. The van der Waals surface area contributed by atoms with Crippen LogP contribution in [0.5, 0.6) is 0 Å². The van der Waals surface area contributed by atoms with Crippen molar-refractivity contribution in [2.45, 2.75) is 13.3 Å². The predicted molar refractivity (Wildman–Crippen MR) is 72.8 cm³/mol. The fourth-order valence-corrected chi connectivity index (χ4v) is 2.54. The quantitative estimate of drug-likeness (QED) is 0.644. The van der Waals surface area contributed by atoms with E-state index >= 15 is 0 Å². The van der Waals surface area contributed by atoms with E-state index in [0.717, 1.165) is 6.42 Å². The van der Waals surface area contributed by atoms with Crippen molar-refractivity contribution in [2.24, 2.45) is 4.99 Å². The largest absolute Gasteiger partial charge is 0.292 e. The van der Waals surface area contributed by atoms with E-state index in [1.54, 1.807) is 0 Å². The van der Waals surface area contributed by atoms with E-state index in [9.17, 15) is 0 Å². The van der Waals surface area contributed by atoms with Crippen molar-refractivity contribution in [1.82, 2.24) is 0 Å². The van der Waals surface area contributed by atoms with E-state index in [-0.39, 0.29) is 0 Å². The third-order valence-corrected chi connectivity index (χ3v) is 3.42. The van der Waals surface area contributed by atoms with Crippen LogP contribution < -0.4 is 0 Å². The summed E-state index contributed by atoms with van der Waals surface area (Å²) in [6, 6.07) is 15.2. The number of hydrogen-bond donors (Lipinski definition) is 0. The number of aliphatic imine (C=N–C) groups is 1. The SMILES string of the molecule is CN=C1Cc2ccccc2-c2ccc(C)cc21. The Hall–Kier alpha value is -1.89. The Balaban J connectivity index is 2.33. The Morgan fingerprint density at radius 2 is 1.76 bits per heavy atom. The lowest BCUT2D eigenvalue weighted by Crippen LogP contribution is -2.13. The molecule has 1 heteroatoms. The minimum absolute atomic E-state index is 0.948. The Morgan fingerprint density at radius 1 is 0.941 bits per heavy atom. The minimum atomic E-state index is 0.948. The third kappa shape index (κ3) is 1.59. The zero-order chi connectivity index (χ0) is 11.8. The van der Waals surface area contributed by atoms with Crippen LogP contribution in [0.3, 0.4) is 0 Å². The molecule has 0 aromatic heterocycles. The molecule has 1 nitrogen and oxygen atoms in total. The van der Waals surface area contributed by atoms with Crippen LogP contribution >= 0.6 is 0 Å². The molecule has 2 aromatic carbocycles. The van der Waals surface area contributed by atoms with Crippen molar-refractivity contribution in [3.8, 4) is 11.1 Å². The van der Waals surface area contributed by atoms with Crippen LogP contribution in [-0.4, -0.2) is 12.8 Å². The van der Waals surface area contributed by atoms with Gasteiger partial charge in [-0.1, -0.05) is 42.0 Å². The molecule has 0 radical (unpaired) electrons. The van der Waals surface area contributed by atoms with Crippen LogP contribution in [0.1, 0.15) is 16.7 Å². The average molecular weight is 221 g/mol. The fourth-order valence-electron chi connectivity index (χ4n) is 2.54. The van der Waals surface area contributed by atoms with Crippen LogP contribution in [0.25, 0.3) is 11.1 Å². The lowest BCUT2D eigenvalue weighted by atomic mass is 9.83. The summed E-state index contributed by atoms with van der Waals surface area (Å²) in [4.78, 5) is 4.45.